The molecule has 0 aromatic heterocycles. The maximum Gasteiger partial charge on any atom is 0.261 e. The lowest BCUT2D eigenvalue weighted by Crippen LogP contribution is -2.53. The average Bonchev–Trinajstić information content (AvgIpc) is 2.69. The summed E-state index contributed by atoms with van der Waals surface area (Å²) >= 11 is 2.21. The van der Waals surface area contributed by atoms with E-state index in [1.807, 2.05) is 69.3 Å². The lowest BCUT2D eigenvalue weighted by Gasteiger charge is -2.31. The summed E-state index contributed by atoms with van der Waals surface area (Å²) < 4.78 is 12.0. The zero-order valence-corrected chi connectivity index (χ0v) is 20.2. The van der Waals surface area contributed by atoms with Crippen LogP contribution >= 0.6 is 22.6 Å². The van der Waals surface area contributed by atoms with Crippen molar-refractivity contribution in [2.24, 2.45) is 0 Å². The van der Waals surface area contributed by atoms with Crippen LogP contribution in [0.1, 0.15) is 33.3 Å². The van der Waals surface area contributed by atoms with Crippen molar-refractivity contribution in [3.05, 3.63) is 57.7 Å². The van der Waals surface area contributed by atoms with Crippen LogP contribution < -0.4 is 14.8 Å². The van der Waals surface area contributed by atoms with E-state index in [4.69, 9.17) is 9.47 Å². The summed E-state index contributed by atoms with van der Waals surface area (Å²) in [5, 5.41) is 2.94. The number of hydrogen-bond acceptors (Lipinski definition) is 4. The molecule has 7 heteroatoms. The second-order valence-electron chi connectivity index (χ2n) is 8.03. The van der Waals surface area contributed by atoms with E-state index in [2.05, 4.69) is 27.9 Å². The third-order valence-corrected chi connectivity index (χ3v) is 5.05. The van der Waals surface area contributed by atoms with Crippen molar-refractivity contribution in [1.29, 1.82) is 0 Å². The van der Waals surface area contributed by atoms with Gasteiger partial charge in [-0.25, -0.2) is 0 Å². The van der Waals surface area contributed by atoms with Crippen LogP contribution in [0.2, 0.25) is 0 Å². The molecule has 0 fully saturated rings. The summed E-state index contributed by atoms with van der Waals surface area (Å²) in [6, 6.07) is 14.2. The average molecular weight is 524 g/mol. The molecule has 0 radical (unpaired) electrons. The fourth-order valence-electron chi connectivity index (χ4n) is 2.78. The normalized spacial score (nSPS) is 12.1. The number of rotatable bonds is 8. The van der Waals surface area contributed by atoms with Crippen molar-refractivity contribution in [3.8, 4) is 11.5 Å². The Morgan fingerprint density at radius 3 is 2.37 bits per heavy atom. The first-order chi connectivity index (χ1) is 14.1. The molecule has 0 bridgehead atoms. The fourth-order valence-corrected chi connectivity index (χ4v) is 3.14. The van der Waals surface area contributed by atoms with Crippen LogP contribution in [-0.2, 0) is 16.1 Å². The van der Waals surface area contributed by atoms with E-state index in [1.54, 1.807) is 14.0 Å². The lowest BCUT2D eigenvalue weighted by molar-refractivity contribution is -0.142. The van der Waals surface area contributed by atoms with Gasteiger partial charge < -0.3 is 19.7 Å². The quantitative estimate of drug-likeness (QED) is 0.531. The maximum absolute atomic E-state index is 13.0. The minimum atomic E-state index is -0.664. The number of benzene rings is 2. The Labute approximate surface area is 192 Å². The molecule has 0 saturated heterocycles. The van der Waals surface area contributed by atoms with E-state index >= 15 is 0 Å². The Kier molecular flexibility index (Phi) is 8.52. The first-order valence-electron chi connectivity index (χ1n) is 9.72. The molecule has 1 atom stereocenters. The number of methoxy groups -OCH3 is 1. The molecule has 0 heterocycles. The minimum Gasteiger partial charge on any atom is -0.497 e. The summed E-state index contributed by atoms with van der Waals surface area (Å²) in [7, 11) is 1.59. The molecule has 0 saturated carbocycles. The molecule has 2 rings (SSSR count). The maximum atomic E-state index is 13.0. The molecule has 6 nitrogen and oxygen atoms in total. The molecule has 0 spiro atoms. The highest BCUT2D eigenvalue weighted by molar-refractivity contribution is 14.1. The number of nitrogens with zero attached hydrogens (tertiary/aromatic N) is 1. The monoisotopic (exact) mass is 524 g/mol. The molecule has 1 N–H and O–H groups in total. The molecule has 2 aromatic rings. The highest BCUT2D eigenvalue weighted by Crippen LogP contribution is 2.18. The summed E-state index contributed by atoms with van der Waals surface area (Å²) in [4.78, 5) is 27.3. The summed E-state index contributed by atoms with van der Waals surface area (Å²) in [6.45, 7) is 7.57. The molecule has 2 aromatic carbocycles. The Morgan fingerprint density at radius 2 is 1.77 bits per heavy atom. The van der Waals surface area contributed by atoms with Gasteiger partial charge >= 0.3 is 0 Å². The van der Waals surface area contributed by atoms with Crippen LogP contribution in [-0.4, -0.2) is 42.0 Å². The van der Waals surface area contributed by atoms with Crippen LogP contribution in [0, 0.1) is 3.57 Å². The zero-order valence-electron chi connectivity index (χ0n) is 18.1. The minimum absolute atomic E-state index is 0.155. The Hall–Kier alpha value is -2.29. The third kappa shape index (κ3) is 7.51. The number of halogens is 1. The summed E-state index contributed by atoms with van der Waals surface area (Å²) in [6.07, 6.45) is 0. The van der Waals surface area contributed by atoms with Gasteiger partial charge in [-0.2, -0.15) is 0 Å². The molecule has 0 aliphatic heterocycles. The molecule has 0 aliphatic rings. The van der Waals surface area contributed by atoms with Gasteiger partial charge in [0.2, 0.25) is 5.91 Å². The van der Waals surface area contributed by atoms with Crippen LogP contribution in [0.15, 0.2) is 48.5 Å². The van der Waals surface area contributed by atoms with Crippen molar-refractivity contribution in [2.45, 2.75) is 45.8 Å². The number of carbonyl (C=O) groups is 2. The first-order valence-corrected chi connectivity index (χ1v) is 10.8. The van der Waals surface area contributed by atoms with Gasteiger partial charge in [0, 0.05) is 15.7 Å². The Balaban J connectivity index is 2.18. The highest BCUT2D eigenvalue weighted by atomic mass is 127. The van der Waals surface area contributed by atoms with Crippen molar-refractivity contribution < 1.29 is 19.1 Å². The molecular formula is C23H29IN2O4. The smallest absolute Gasteiger partial charge is 0.261 e. The van der Waals surface area contributed by atoms with E-state index in [9.17, 15) is 9.59 Å². The third-order valence-electron chi connectivity index (χ3n) is 4.33. The van der Waals surface area contributed by atoms with Crippen LogP contribution in [0.25, 0.3) is 0 Å². The Morgan fingerprint density at radius 1 is 1.10 bits per heavy atom. The molecule has 2 amide bonds. The van der Waals surface area contributed by atoms with Gasteiger partial charge in [-0.3, -0.25) is 9.59 Å². The molecule has 0 aliphatic carbocycles. The van der Waals surface area contributed by atoms with Gasteiger partial charge in [0.15, 0.2) is 6.61 Å². The number of amides is 2. The predicted octanol–water partition coefficient (Wildman–Crippen LogP) is 4.01. The van der Waals surface area contributed by atoms with Gasteiger partial charge in [-0.15, -0.1) is 0 Å². The number of nitrogens with one attached hydrogen (secondary N) is 1. The van der Waals surface area contributed by atoms with E-state index in [0.717, 1.165) is 9.13 Å². The van der Waals surface area contributed by atoms with Crippen LogP contribution in [0.5, 0.6) is 11.5 Å². The fraction of sp³-hybridized carbons (Fsp3) is 0.391. The van der Waals surface area contributed by atoms with E-state index in [1.165, 1.54) is 4.90 Å². The van der Waals surface area contributed by atoms with Crippen molar-refractivity contribution in [2.75, 3.05) is 13.7 Å². The molecule has 1 unspecified atom stereocenters. The van der Waals surface area contributed by atoms with Crippen LogP contribution in [0.4, 0.5) is 0 Å². The number of ether oxygens (including phenoxy) is 2. The van der Waals surface area contributed by atoms with E-state index in [0.29, 0.717) is 11.5 Å². The molecular weight excluding hydrogens is 495 g/mol. The van der Waals surface area contributed by atoms with Gasteiger partial charge in [0.05, 0.1) is 7.11 Å². The largest absolute Gasteiger partial charge is 0.497 e. The standard InChI is InChI=1S/C23H29IN2O4/c1-16(22(28)25-23(2,3)4)26(14-17-7-6-8-20(13-17)29-5)21(27)15-30-19-11-9-18(24)10-12-19/h6-13,16H,14-15H2,1-5H3,(H,25,28). The topological polar surface area (TPSA) is 67.9 Å². The van der Waals surface area contributed by atoms with Crippen molar-refractivity contribution in [1.82, 2.24) is 10.2 Å². The van der Waals surface area contributed by atoms with Crippen LogP contribution in [0.3, 0.4) is 0 Å². The van der Waals surface area contributed by atoms with E-state index in [-0.39, 0.29) is 25.0 Å². The number of hydrogen-bond donors (Lipinski definition) is 1. The van der Waals surface area contributed by atoms with Gasteiger partial charge in [-0.1, -0.05) is 12.1 Å². The molecule has 162 valence electrons. The number of carbonyl (C=O) groups excluding carboxylic acids is 2. The van der Waals surface area contributed by atoms with Gasteiger partial charge in [0.25, 0.3) is 5.91 Å². The zero-order chi connectivity index (χ0) is 22.3. The van der Waals surface area contributed by atoms with Crippen molar-refractivity contribution in [3.63, 3.8) is 0 Å². The van der Waals surface area contributed by atoms with Crippen molar-refractivity contribution >= 4 is 34.4 Å². The van der Waals surface area contributed by atoms with E-state index < -0.39 is 11.6 Å². The Bertz CT molecular complexity index is 862. The summed E-state index contributed by atoms with van der Waals surface area (Å²) in [5.74, 6) is 0.819. The second kappa shape index (κ2) is 10.7. The lowest BCUT2D eigenvalue weighted by atomic mass is 10.1. The van der Waals surface area contributed by atoms with Gasteiger partial charge in [-0.05, 0) is 92.2 Å². The summed E-state index contributed by atoms with van der Waals surface area (Å²) in [5.41, 5.74) is 0.473. The SMILES string of the molecule is COc1cccc(CN(C(=O)COc2ccc(I)cc2)C(C)C(=O)NC(C)(C)C)c1. The second-order valence-corrected chi connectivity index (χ2v) is 9.28. The predicted molar refractivity (Wildman–Crippen MR) is 126 cm³/mol. The highest BCUT2D eigenvalue weighted by Gasteiger charge is 2.28. The molecule has 30 heavy (non-hydrogen) atoms. The first kappa shape index (κ1) is 24.0. The van der Waals surface area contributed by atoms with Gasteiger partial charge in [0.1, 0.15) is 17.5 Å².